The summed E-state index contributed by atoms with van der Waals surface area (Å²) >= 11 is 6.11. The summed E-state index contributed by atoms with van der Waals surface area (Å²) in [5.74, 6) is 0.114. The Morgan fingerprint density at radius 2 is 2.14 bits per heavy atom. The number of benzene rings is 1. The molecule has 0 amide bonds. The molecular weight excluding hydrogens is 302 g/mol. The zero-order chi connectivity index (χ0) is 15.4. The van der Waals surface area contributed by atoms with E-state index in [4.69, 9.17) is 20.8 Å². The molecule has 2 aromatic heterocycles. The summed E-state index contributed by atoms with van der Waals surface area (Å²) in [5.41, 5.74) is 1.47. The molecule has 0 aliphatic carbocycles. The highest BCUT2D eigenvalue weighted by atomic mass is 35.5. The van der Waals surface area contributed by atoms with Crippen LogP contribution in [0.4, 0.5) is 0 Å². The van der Waals surface area contributed by atoms with Crippen molar-refractivity contribution in [2.45, 2.75) is 6.61 Å². The molecule has 5 heteroatoms. The monoisotopic (exact) mass is 313 g/mol. The molecule has 110 valence electrons. The van der Waals surface area contributed by atoms with Gasteiger partial charge in [-0.25, -0.2) is 9.78 Å². The van der Waals surface area contributed by atoms with Gasteiger partial charge >= 0.3 is 5.97 Å². The Morgan fingerprint density at radius 3 is 2.95 bits per heavy atom. The first-order valence-electron chi connectivity index (χ1n) is 6.65. The highest BCUT2D eigenvalue weighted by molar-refractivity contribution is 6.30. The lowest BCUT2D eigenvalue weighted by molar-refractivity contribution is -0.138. The number of carbonyl (C=O) groups is 1. The van der Waals surface area contributed by atoms with Crippen LogP contribution >= 0.6 is 11.6 Å². The molecule has 22 heavy (non-hydrogen) atoms. The minimum Gasteiger partial charge on any atom is -0.465 e. The Bertz CT molecular complexity index is 825. The first kappa shape index (κ1) is 14.4. The van der Waals surface area contributed by atoms with Gasteiger partial charge in [-0.2, -0.15) is 0 Å². The first-order valence-corrected chi connectivity index (χ1v) is 7.03. The average molecular weight is 314 g/mol. The number of aromatic nitrogens is 1. The molecule has 3 aromatic rings. The molecule has 0 fully saturated rings. The molecular formula is C17H12ClNO3. The minimum atomic E-state index is -0.472. The summed E-state index contributed by atoms with van der Waals surface area (Å²) in [6.07, 6.45) is 4.38. The molecule has 0 saturated heterocycles. The van der Waals surface area contributed by atoms with E-state index in [9.17, 15) is 4.79 Å². The van der Waals surface area contributed by atoms with Crippen molar-refractivity contribution in [3.05, 3.63) is 71.3 Å². The zero-order valence-electron chi connectivity index (χ0n) is 11.5. The van der Waals surface area contributed by atoms with Gasteiger partial charge < -0.3 is 9.15 Å². The smallest absolute Gasteiger partial charge is 0.331 e. The number of rotatable bonds is 4. The van der Waals surface area contributed by atoms with Crippen molar-refractivity contribution in [3.8, 4) is 0 Å². The van der Waals surface area contributed by atoms with Crippen LogP contribution in [0.15, 0.2) is 59.2 Å². The lowest BCUT2D eigenvalue weighted by Gasteiger charge is -2.06. The van der Waals surface area contributed by atoms with Gasteiger partial charge in [0.25, 0.3) is 0 Å². The van der Waals surface area contributed by atoms with Gasteiger partial charge in [0.05, 0.1) is 11.8 Å². The van der Waals surface area contributed by atoms with Crippen molar-refractivity contribution in [1.82, 2.24) is 4.98 Å². The van der Waals surface area contributed by atoms with Crippen LogP contribution in [0.2, 0.25) is 5.15 Å². The van der Waals surface area contributed by atoms with Crippen molar-refractivity contribution >= 4 is 34.5 Å². The summed E-state index contributed by atoms with van der Waals surface area (Å²) < 4.78 is 10.3. The second-order valence-corrected chi connectivity index (χ2v) is 4.95. The normalized spacial score (nSPS) is 11.1. The number of furan rings is 1. The highest BCUT2D eigenvalue weighted by Crippen LogP contribution is 2.21. The number of carbonyl (C=O) groups excluding carboxylic acids is 1. The fraction of sp³-hybridized carbons (Fsp3) is 0.0588. The van der Waals surface area contributed by atoms with Crippen LogP contribution in [0.3, 0.4) is 0 Å². The fourth-order valence-electron chi connectivity index (χ4n) is 1.97. The number of hydrogen-bond donors (Lipinski definition) is 0. The van der Waals surface area contributed by atoms with Crippen molar-refractivity contribution in [1.29, 1.82) is 0 Å². The number of nitrogens with zero attached hydrogens (tertiary/aromatic N) is 1. The van der Waals surface area contributed by atoms with E-state index in [1.165, 1.54) is 12.3 Å². The largest absolute Gasteiger partial charge is 0.465 e. The molecule has 0 radical (unpaired) electrons. The van der Waals surface area contributed by atoms with E-state index in [0.717, 1.165) is 10.9 Å². The van der Waals surface area contributed by atoms with Gasteiger partial charge in [-0.1, -0.05) is 29.8 Å². The van der Waals surface area contributed by atoms with Crippen LogP contribution in [-0.2, 0) is 16.1 Å². The standard InChI is InChI=1S/C17H12ClNO3/c18-17-13(10-12-4-1-2-6-15(12)19-17)11-22-16(20)8-7-14-5-3-9-21-14/h1-10H,11H2. The van der Waals surface area contributed by atoms with E-state index in [1.807, 2.05) is 30.3 Å². The number of hydrogen-bond acceptors (Lipinski definition) is 4. The van der Waals surface area contributed by atoms with Crippen LogP contribution in [0.1, 0.15) is 11.3 Å². The van der Waals surface area contributed by atoms with Gasteiger partial charge in [-0.3, -0.25) is 0 Å². The number of ether oxygens (including phenoxy) is 1. The van der Waals surface area contributed by atoms with Crippen LogP contribution < -0.4 is 0 Å². The Balaban J connectivity index is 1.68. The maximum Gasteiger partial charge on any atom is 0.331 e. The van der Waals surface area contributed by atoms with E-state index >= 15 is 0 Å². The van der Waals surface area contributed by atoms with Gasteiger partial charge in [0.2, 0.25) is 0 Å². The third-order valence-corrected chi connectivity index (χ3v) is 3.37. The summed E-state index contributed by atoms with van der Waals surface area (Å²) in [7, 11) is 0. The summed E-state index contributed by atoms with van der Waals surface area (Å²) in [6.45, 7) is 0.0675. The predicted octanol–water partition coefficient (Wildman–Crippen LogP) is 4.24. The van der Waals surface area contributed by atoms with Crippen molar-refractivity contribution in [2.75, 3.05) is 0 Å². The molecule has 0 atom stereocenters. The number of fused-ring (bicyclic) bond motifs is 1. The Hall–Kier alpha value is -2.59. The van der Waals surface area contributed by atoms with Crippen LogP contribution in [-0.4, -0.2) is 11.0 Å². The van der Waals surface area contributed by atoms with Crippen molar-refractivity contribution in [2.24, 2.45) is 0 Å². The van der Waals surface area contributed by atoms with Crippen molar-refractivity contribution in [3.63, 3.8) is 0 Å². The average Bonchev–Trinajstić information content (AvgIpc) is 3.04. The second kappa shape index (κ2) is 6.45. The molecule has 0 aliphatic heterocycles. The highest BCUT2D eigenvalue weighted by Gasteiger charge is 2.07. The number of esters is 1. The maximum atomic E-state index is 11.7. The quantitative estimate of drug-likeness (QED) is 0.411. The topological polar surface area (TPSA) is 52.3 Å². The summed E-state index contributed by atoms with van der Waals surface area (Å²) in [4.78, 5) is 16.0. The van der Waals surface area contributed by atoms with Crippen LogP contribution in [0.25, 0.3) is 17.0 Å². The van der Waals surface area contributed by atoms with E-state index in [0.29, 0.717) is 16.5 Å². The SMILES string of the molecule is O=C(C=Cc1ccco1)OCc1cc2ccccc2nc1Cl. The van der Waals surface area contributed by atoms with Crippen LogP contribution in [0, 0.1) is 0 Å². The fourth-order valence-corrected chi connectivity index (χ4v) is 2.17. The Kier molecular flexibility index (Phi) is 4.21. The Morgan fingerprint density at radius 1 is 1.27 bits per heavy atom. The van der Waals surface area contributed by atoms with Crippen LogP contribution in [0.5, 0.6) is 0 Å². The van der Waals surface area contributed by atoms with Gasteiger partial charge in [-0.15, -0.1) is 0 Å². The van der Waals surface area contributed by atoms with Gasteiger partial charge in [0.15, 0.2) is 0 Å². The number of para-hydroxylation sites is 1. The number of halogens is 1. The summed E-state index contributed by atoms with van der Waals surface area (Å²) in [5, 5.41) is 1.28. The Labute approximate surface area is 132 Å². The first-order chi connectivity index (χ1) is 10.7. The summed E-state index contributed by atoms with van der Waals surface area (Å²) in [6, 6.07) is 13.0. The molecule has 1 aromatic carbocycles. The number of pyridine rings is 1. The molecule has 2 heterocycles. The molecule has 4 nitrogen and oxygen atoms in total. The third kappa shape index (κ3) is 3.35. The second-order valence-electron chi connectivity index (χ2n) is 4.59. The van der Waals surface area contributed by atoms with Crippen molar-refractivity contribution < 1.29 is 13.9 Å². The molecule has 0 saturated carbocycles. The minimum absolute atomic E-state index is 0.0675. The molecule has 0 N–H and O–H groups in total. The lowest BCUT2D eigenvalue weighted by Crippen LogP contribution is -2.02. The zero-order valence-corrected chi connectivity index (χ0v) is 12.3. The lowest BCUT2D eigenvalue weighted by atomic mass is 10.2. The predicted molar refractivity (Wildman–Crippen MR) is 84.3 cm³/mol. The van der Waals surface area contributed by atoms with E-state index in [2.05, 4.69) is 4.98 Å². The molecule has 0 spiro atoms. The van der Waals surface area contributed by atoms with Gasteiger partial charge in [0.1, 0.15) is 17.5 Å². The van der Waals surface area contributed by atoms with Gasteiger partial charge in [-0.05, 0) is 30.3 Å². The molecule has 3 rings (SSSR count). The van der Waals surface area contributed by atoms with E-state index in [-0.39, 0.29) is 6.61 Å². The molecule has 0 aliphatic rings. The van der Waals surface area contributed by atoms with Gasteiger partial charge in [0, 0.05) is 17.0 Å². The molecule has 0 bridgehead atoms. The maximum absolute atomic E-state index is 11.7. The van der Waals surface area contributed by atoms with E-state index < -0.39 is 5.97 Å². The molecule has 0 unspecified atom stereocenters. The van der Waals surface area contributed by atoms with E-state index in [1.54, 1.807) is 18.2 Å². The third-order valence-electron chi connectivity index (χ3n) is 3.05.